The largest absolute Gasteiger partial charge is 0.343 e. The first-order valence-corrected chi connectivity index (χ1v) is 8.58. The summed E-state index contributed by atoms with van der Waals surface area (Å²) < 4.78 is 3.61. The molecule has 0 fully saturated rings. The van der Waals surface area contributed by atoms with Gasteiger partial charge in [0.2, 0.25) is 0 Å². The molecule has 0 radical (unpaired) electrons. The number of imidazole rings is 1. The molecule has 1 N–H and O–H groups in total. The van der Waals surface area contributed by atoms with Gasteiger partial charge in [0.15, 0.2) is 4.96 Å². The van der Waals surface area contributed by atoms with Gasteiger partial charge in [-0.15, -0.1) is 11.3 Å². The third-order valence-electron chi connectivity index (χ3n) is 3.68. The Labute approximate surface area is 139 Å². The molecule has 0 aliphatic rings. The Morgan fingerprint density at radius 2 is 2.17 bits per heavy atom. The molecule has 1 atom stereocenters. The number of carbonyl (C=O) groups is 1. The van der Waals surface area contributed by atoms with Gasteiger partial charge in [-0.1, -0.05) is 13.8 Å². The zero-order chi connectivity index (χ0) is 16.6. The van der Waals surface area contributed by atoms with E-state index in [9.17, 15) is 4.79 Å². The predicted octanol–water partition coefficient (Wildman–Crippen LogP) is 2.82. The number of amides is 1. The van der Waals surface area contributed by atoms with Gasteiger partial charge in [-0.3, -0.25) is 13.9 Å². The molecule has 3 rings (SSSR count). The molecule has 6 nitrogen and oxygen atoms in total. The Balaban J connectivity index is 1.73. The molecule has 0 aromatic carbocycles. The van der Waals surface area contributed by atoms with Crippen molar-refractivity contribution >= 4 is 22.2 Å². The predicted molar refractivity (Wildman–Crippen MR) is 90.7 cm³/mol. The van der Waals surface area contributed by atoms with Gasteiger partial charge in [-0.05, 0) is 25.3 Å². The molecule has 0 saturated heterocycles. The fourth-order valence-corrected chi connectivity index (χ4v) is 3.26. The van der Waals surface area contributed by atoms with Crippen molar-refractivity contribution in [2.45, 2.75) is 33.2 Å². The Morgan fingerprint density at radius 3 is 2.87 bits per heavy atom. The van der Waals surface area contributed by atoms with Crippen molar-refractivity contribution in [2.24, 2.45) is 13.0 Å². The minimum Gasteiger partial charge on any atom is -0.343 e. The highest BCUT2D eigenvalue weighted by Crippen LogP contribution is 2.17. The van der Waals surface area contributed by atoms with Gasteiger partial charge in [-0.2, -0.15) is 5.10 Å². The van der Waals surface area contributed by atoms with Crippen LogP contribution in [0.3, 0.4) is 0 Å². The van der Waals surface area contributed by atoms with E-state index in [-0.39, 0.29) is 11.9 Å². The van der Waals surface area contributed by atoms with Gasteiger partial charge >= 0.3 is 0 Å². The van der Waals surface area contributed by atoms with Crippen LogP contribution in [0.5, 0.6) is 0 Å². The standard InChI is InChI=1S/C16H21N5OS/c1-10(2)7-12-8-14(20(4)19-12)15(22)17-11(3)13-9-21-5-6-23-16(21)18-13/h5-6,8-11H,7H2,1-4H3,(H,17,22). The third kappa shape index (κ3) is 3.29. The summed E-state index contributed by atoms with van der Waals surface area (Å²) in [4.78, 5) is 18.0. The van der Waals surface area contributed by atoms with Crippen LogP contribution in [-0.4, -0.2) is 25.1 Å². The smallest absolute Gasteiger partial charge is 0.270 e. The summed E-state index contributed by atoms with van der Waals surface area (Å²) >= 11 is 1.58. The molecule has 23 heavy (non-hydrogen) atoms. The highest BCUT2D eigenvalue weighted by molar-refractivity contribution is 7.15. The minimum atomic E-state index is -0.155. The van der Waals surface area contributed by atoms with Crippen LogP contribution in [0.1, 0.15) is 48.7 Å². The number of rotatable bonds is 5. The molecule has 0 aliphatic carbocycles. The maximum atomic E-state index is 12.5. The number of aryl methyl sites for hydroxylation is 1. The number of hydrogen-bond donors (Lipinski definition) is 1. The van der Waals surface area contributed by atoms with Crippen LogP contribution in [0, 0.1) is 5.92 Å². The number of carbonyl (C=O) groups excluding carboxylic acids is 1. The summed E-state index contributed by atoms with van der Waals surface area (Å²) in [7, 11) is 1.80. The van der Waals surface area contributed by atoms with Gasteiger partial charge in [0.05, 0.1) is 17.4 Å². The highest BCUT2D eigenvalue weighted by atomic mass is 32.1. The highest BCUT2D eigenvalue weighted by Gasteiger charge is 2.18. The summed E-state index contributed by atoms with van der Waals surface area (Å²) in [5, 5.41) is 9.40. The van der Waals surface area contributed by atoms with Crippen molar-refractivity contribution in [1.29, 1.82) is 0 Å². The van der Waals surface area contributed by atoms with E-state index >= 15 is 0 Å². The molecule has 0 aliphatic heterocycles. The Bertz CT molecular complexity index is 800. The maximum absolute atomic E-state index is 12.5. The average Bonchev–Trinajstić information content (AvgIpc) is 3.11. The number of aromatic nitrogens is 4. The van der Waals surface area contributed by atoms with E-state index in [1.54, 1.807) is 23.1 Å². The van der Waals surface area contributed by atoms with Gasteiger partial charge in [-0.25, -0.2) is 4.98 Å². The molecular weight excluding hydrogens is 310 g/mol. The normalized spacial score (nSPS) is 12.9. The second-order valence-electron chi connectivity index (χ2n) is 6.20. The quantitative estimate of drug-likeness (QED) is 0.782. The van der Waals surface area contributed by atoms with E-state index in [0.717, 1.165) is 22.8 Å². The van der Waals surface area contributed by atoms with E-state index < -0.39 is 0 Å². The van der Waals surface area contributed by atoms with Crippen LogP contribution >= 0.6 is 11.3 Å². The Kier molecular flexibility index (Phi) is 4.21. The van der Waals surface area contributed by atoms with Crippen molar-refractivity contribution in [3.8, 4) is 0 Å². The summed E-state index contributed by atoms with van der Waals surface area (Å²) in [6.45, 7) is 6.22. The first kappa shape index (κ1) is 15.7. The lowest BCUT2D eigenvalue weighted by atomic mass is 10.1. The number of thiazole rings is 1. The van der Waals surface area contributed by atoms with Crippen molar-refractivity contribution < 1.29 is 4.79 Å². The minimum absolute atomic E-state index is 0.126. The van der Waals surface area contributed by atoms with E-state index in [2.05, 4.69) is 29.2 Å². The van der Waals surface area contributed by atoms with Crippen molar-refractivity contribution in [1.82, 2.24) is 24.5 Å². The van der Waals surface area contributed by atoms with Crippen LogP contribution in [0.25, 0.3) is 4.96 Å². The van der Waals surface area contributed by atoms with E-state index in [1.807, 2.05) is 35.2 Å². The summed E-state index contributed by atoms with van der Waals surface area (Å²) in [6, 6.07) is 1.71. The zero-order valence-electron chi connectivity index (χ0n) is 13.8. The molecule has 122 valence electrons. The second-order valence-corrected chi connectivity index (χ2v) is 7.07. The second kappa shape index (κ2) is 6.16. The van der Waals surface area contributed by atoms with Gasteiger partial charge in [0.25, 0.3) is 5.91 Å². The lowest BCUT2D eigenvalue weighted by Gasteiger charge is -2.11. The average molecular weight is 331 g/mol. The molecule has 7 heteroatoms. The first-order valence-electron chi connectivity index (χ1n) is 7.70. The molecule has 0 saturated carbocycles. The summed E-state index contributed by atoms with van der Waals surface area (Å²) in [5.41, 5.74) is 2.38. The first-order chi connectivity index (χ1) is 10.9. The van der Waals surface area contributed by atoms with Gasteiger partial charge in [0, 0.05) is 24.8 Å². The molecular formula is C16H21N5OS. The Hall–Kier alpha value is -2.15. The van der Waals surface area contributed by atoms with E-state index in [1.165, 1.54) is 0 Å². The van der Waals surface area contributed by atoms with E-state index in [4.69, 9.17) is 0 Å². The summed E-state index contributed by atoms with van der Waals surface area (Å²) in [6.07, 6.45) is 4.78. The zero-order valence-corrected chi connectivity index (χ0v) is 14.6. The number of nitrogens with zero attached hydrogens (tertiary/aromatic N) is 4. The summed E-state index contributed by atoms with van der Waals surface area (Å²) in [5.74, 6) is 0.386. The van der Waals surface area contributed by atoms with Crippen LogP contribution in [0.4, 0.5) is 0 Å². The number of nitrogens with one attached hydrogen (secondary N) is 1. The molecule has 1 amide bonds. The lowest BCUT2D eigenvalue weighted by molar-refractivity contribution is 0.0929. The van der Waals surface area contributed by atoms with Crippen LogP contribution in [0.15, 0.2) is 23.8 Å². The fourth-order valence-electron chi connectivity index (χ4n) is 2.56. The molecule has 3 aromatic rings. The number of fused-ring (bicyclic) bond motifs is 1. The van der Waals surface area contributed by atoms with Gasteiger partial charge in [0.1, 0.15) is 5.69 Å². The molecule has 0 bridgehead atoms. The van der Waals surface area contributed by atoms with Crippen molar-refractivity contribution in [3.05, 3.63) is 40.9 Å². The van der Waals surface area contributed by atoms with Crippen LogP contribution in [0.2, 0.25) is 0 Å². The topological polar surface area (TPSA) is 64.2 Å². The molecule has 3 heterocycles. The maximum Gasteiger partial charge on any atom is 0.270 e. The van der Waals surface area contributed by atoms with Crippen LogP contribution < -0.4 is 5.32 Å². The lowest BCUT2D eigenvalue weighted by Crippen LogP contribution is -2.28. The SMILES string of the molecule is CC(C)Cc1cc(C(=O)NC(C)c2cn3ccsc3n2)n(C)n1. The van der Waals surface area contributed by atoms with Gasteiger partial charge < -0.3 is 5.32 Å². The fraction of sp³-hybridized carbons (Fsp3) is 0.438. The third-order valence-corrected chi connectivity index (χ3v) is 4.45. The van der Waals surface area contributed by atoms with Crippen molar-refractivity contribution in [2.75, 3.05) is 0 Å². The molecule has 1 unspecified atom stereocenters. The molecule has 0 spiro atoms. The Morgan fingerprint density at radius 1 is 1.39 bits per heavy atom. The monoisotopic (exact) mass is 331 g/mol. The molecule has 3 aromatic heterocycles. The number of hydrogen-bond acceptors (Lipinski definition) is 4. The van der Waals surface area contributed by atoms with E-state index in [0.29, 0.717) is 11.6 Å². The van der Waals surface area contributed by atoms with Crippen LogP contribution in [-0.2, 0) is 13.5 Å². The van der Waals surface area contributed by atoms with Crippen molar-refractivity contribution in [3.63, 3.8) is 0 Å².